The Labute approximate surface area is 120 Å². The molecule has 0 atom stereocenters. The number of halogens is 6. The third-order valence-corrected chi connectivity index (χ3v) is 2.95. The molecule has 0 saturated carbocycles. The van der Waals surface area contributed by atoms with Crippen LogP contribution in [0.4, 0.5) is 26.3 Å². The molecule has 22 heavy (non-hydrogen) atoms. The smallest absolute Gasteiger partial charge is 0.284 e. The Bertz CT molecular complexity index is 757. The summed E-state index contributed by atoms with van der Waals surface area (Å²) in [4.78, 5) is 11.7. The van der Waals surface area contributed by atoms with Gasteiger partial charge < -0.3 is 0 Å². The lowest BCUT2D eigenvalue weighted by Gasteiger charge is -2.17. The molecule has 0 aliphatic carbocycles. The average molecular weight is 321 g/mol. The number of pyridine rings is 1. The molecule has 2 aromatic rings. The van der Waals surface area contributed by atoms with Crippen molar-refractivity contribution in [2.75, 3.05) is 0 Å². The van der Waals surface area contributed by atoms with Crippen molar-refractivity contribution < 1.29 is 26.3 Å². The Kier molecular flexibility index (Phi) is 3.80. The molecular weight excluding hydrogens is 312 g/mol. The monoisotopic (exact) mass is 321 g/mol. The van der Waals surface area contributed by atoms with Crippen molar-refractivity contribution >= 4 is 0 Å². The summed E-state index contributed by atoms with van der Waals surface area (Å²) >= 11 is 0. The van der Waals surface area contributed by atoms with E-state index in [1.165, 1.54) is 12.3 Å². The van der Waals surface area contributed by atoms with Gasteiger partial charge in [-0.15, -0.1) is 0 Å². The third-order valence-electron chi connectivity index (χ3n) is 2.95. The topological polar surface area (TPSA) is 22.0 Å². The lowest BCUT2D eigenvalue weighted by molar-refractivity contribution is -0.162. The SMILES string of the molecule is Cc1ccc(=O)n(-c2ccc(C(F)(F)F)c(C(F)(F)F)c2)c1. The molecule has 0 spiro atoms. The van der Waals surface area contributed by atoms with E-state index in [-0.39, 0.29) is 5.69 Å². The van der Waals surface area contributed by atoms with Crippen molar-refractivity contribution in [2.24, 2.45) is 0 Å². The number of hydrogen-bond donors (Lipinski definition) is 0. The zero-order valence-corrected chi connectivity index (χ0v) is 11.1. The Morgan fingerprint density at radius 3 is 2.00 bits per heavy atom. The molecule has 0 aliphatic heterocycles. The van der Waals surface area contributed by atoms with Crippen molar-refractivity contribution in [3.8, 4) is 5.69 Å². The summed E-state index contributed by atoms with van der Waals surface area (Å²) in [7, 11) is 0. The van der Waals surface area contributed by atoms with E-state index in [0.29, 0.717) is 17.7 Å². The first kappa shape index (κ1) is 16.1. The standard InChI is InChI=1S/C14H9F6NO/c1-8-2-5-12(22)21(7-8)9-3-4-10(13(15,16)17)11(6-9)14(18,19)20/h2-7H,1H3. The lowest BCUT2D eigenvalue weighted by atomic mass is 10.1. The Hall–Kier alpha value is -2.25. The number of hydrogen-bond acceptors (Lipinski definition) is 1. The Morgan fingerprint density at radius 1 is 0.864 bits per heavy atom. The molecule has 0 aliphatic rings. The highest BCUT2D eigenvalue weighted by molar-refractivity contribution is 5.44. The van der Waals surface area contributed by atoms with Gasteiger partial charge in [0.05, 0.1) is 11.1 Å². The zero-order valence-electron chi connectivity index (χ0n) is 11.1. The maximum absolute atomic E-state index is 12.9. The number of alkyl halides is 6. The number of aromatic nitrogens is 1. The van der Waals surface area contributed by atoms with Crippen LogP contribution in [0.3, 0.4) is 0 Å². The normalized spacial score (nSPS) is 12.5. The van der Waals surface area contributed by atoms with E-state index < -0.39 is 29.0 Å². The maximum Gasteiger partial charge on any atom is 0.417 e. The van der Waals surface area contributed by atoms with Crippen LogP contribution in [-0.4, -0.2) is 4.57 Å². The quantitative estimate of drug-likeness (QED) is 0.722. The first-order valence-electron chi connectivity index (χ1n) is 5.98. The lowest BCUT2D eigenvalue weighted by Crippen LogP contribution is -2.20. The summed E-state index contributed by atoms with van der Waals surface area (Å²) in [5.74, 6) is 0. The molecule has 8 heteroatoms. The Morgan fingerprint density at radius 2 is 1.45 bits per heavy atom. The fourth-order valence-corrected chi connectivity index (χ4v) is 1.96. The summed E-state index contributed by atoms with van der Waals surface area (Å²) in [5.41, 5.74) is -3.96. The minimum absolute atomic E-state index is 0.283. The van der Waals surface area contributed by atoms with Gasteiger partial charge in [0.1, 0.15) is 0 Å². The second-order valence-electron chi connectivity index (χ2n) is 4.64. The van der Waals surface area contributed by atoms with Gasteiger partial charge in [0.2, 0.25) is 0 Å². The zero-order chi connectivity index (χ0) is 16.7. The van der Waals surface area contributed by atoms with Crippen LogP contribution in [0.25, 0.3) is 5.69 Å². The van der Waals surface area contributed by atoms with Crippen LogP contribution in [0, 0.1) is 6.92 Å². The van der Waals surface area contributed by atoms with Crippen LogP contribution in [0.1, 0.15) is 16.7 Å². The average Bonchev–Trinajstić information content (AvgIpc) is 2.39. The van der Waals surface area contributed by atoms with Gasteiger partial charge in [0, 0.05) is 18.0 Å². The molecule has 2 nitrogen and oxygen atoms in total. The second kappa shape index (κ2) is 5.19. The van der Waals surface area contributed by atoms with Gasteiger partial charge in [-0.2, -0.15) is 26.3 Å². The van der Waals surface area contributed by atoms with E-state index in [2.05, 4.69) is 0 Å². The molecule has 2 rings (SSSR count). The molecule has 0 bridgehead atoms. The molecular formula is C14H9F6NO. The van der Waals surface area contributed by atoms with Crippen molar-refractivity contribution in [3.05, 3.63) is 63.6 Å². The molecule has 1 heterocycles. The molecule has 0 amide bonds. The number of aryl methyl sites for hydroxylation is 1. The first-order valence-corrected chi connectivity index (χ1v) is 5.98. The van der Waals surface area contributed by atoms with Gasteiger partial charge in [0.25, 0.3) is 5.56 Å². The molecule has 118 valence electrons. The summed E-state index contributed by atoms with van der Waals surface area (Å²) in [6.07, 6.45) is -9.07. The molecule has 1 aromatic carbocycles. The van der Waals surface area contributed by atoms with Crippen molar-refractivity contribution in [3.63, 3.8) is 0 Å². The number of benzene rings is 1. The molecule has 0 saturated heterocycles. The van der Waals surface area contributed by atoms with E-state index >= 15 is 0 Å². The van der Waals surface area contributed by atoms with Crippen LogP contribution < -0.4 is 5.56 Å². The molecule has 0 fully saturated rings. The number of rotatable bonds is 1. The third kappa shape index (κ3) is 3.15. The molecule has 0 unspecified atom stereocenters. The van der Waals surface area contributed by atoms with Gasteiger partial charge in [-0.05, 0) is 30.7 Å². The Balaban J connectivity index is 2.72. The molecule has 0 radical (unpaired) electrons. The van der Waals surface area contributed by atoms with Gasteiger partial charge in [-0.25, -0.2) is 0 Å². The summed E-state index contributed by atoms with van der Waals surface area (Å²) in [6, 6.07) is 4.06. The second-order valence-corrected chi connectivity index (χ2v) is 4.64. The van der Waals surface area contributed by atoms with E-state index in [4.69, 9.17) is 0 Å². The van der Waals surface area contributed by atoms with E-state index in [9.17, 15) is 31.1 Å². The highest BCUT2D eigenvalue weighted by Gasteiger charge is 2.43. The van der Waals surface area contributed by atoms with Crippen LogP contribution in [-0.2, 0) is 12.4 Å². The van der Waals surface area contributed by atoms with Crippen LogP contribution in [0.2, 0.25) is 0 Å². The fourth-order valence-electron chi connectivity index (χ4n) is 1.96. The molecule has 1 aromatic heterocycles. The number of nitrogens with zero attached hydrogens (tertiary/aromatic N) is 1. The molecule has 0 N–H and O–H groups in total. The van der Waals surface area contributed by atoms with Crippen LogP contribution in [0.5, 0.6) is 0 Å². The van der Waals surface area contributed by atoms with E-state index in [1.807, 2.05) is 0 Å². The van der Waals surface area contributed by atoms with Crippen molar-refractivity contribution in [2.45, 2.75) is 19.3 Å². The predicted octanol–water partition coefficient (Wildman–Crippen LogP) is 4.18. The predicted molar refractivity (Wildman–Crippen MR) is 66.8 cm³/mol. The summed E-state index contributed by atoms with van der Waals surface area (Å²) in [5, 5.41) is 0. The summed E-state index contributed by atoms with van der Waals surface area (Å²) < 4.78 is 77.5. The van der Waals surface area contributed by atoms with Gasteiger partial charge in [-0.1, -0.05) is 6.07 Å². The van der Waals surface area contributed by atoms with Gasteiger partial charge in [-0.3, -0.25) is 9.36 Å². The van der Waals surface area contributed by atoms with Crippen molar-refractivity contribution in [1.82, 2.24) is 4.57 Å². The summed E-state index contributed by atoms with van der Waals surface area (Å²) in [6.45, 7) is 1.60. The highest BCUT2D eigenvalue weighted by atomic mass is 19.4. The van der Waals surface area contributed by atoms with Crippen LogP contribution >= 0.6 is 0 Å². The minimum atomic E-state index is -5.19. The first-order chi connectivity index (χ1) is 10.00. The van der Waals surface area contributed by atoms with E-state index in [0.717, 1.165) is 16.7 Å². The van der Waals surface area contributed by atoms with Crippen LogP contribution in [0.15, 0.2) is 41.3 Å². The highest BCUT2D eigenvalue weighted by Crippen LogP contribution is 2.40. The minimum Gasteiger partial charge on any atom is -0.284 e. The van der Waals surface area contributed by atoms with E-state index in [1.54, 1.807) is 6.92 Å². The van der Waals surface area contributed by atoms with Crippen molar-refractivity contribution in [1.29, 1.82) is 0 Å². The fraction of sp³-hybridized carbons (Fsp3) is 0.214. The van der Waals surface area contributed by atoms with Gasteiger partial charge >= 0.3 is 12.4 Å². The largest absolute Gasteiger partial charge is 0.417 e. The maximum atomic E-state index is 12.9. The van der Waals surface area contributed by atoms with Gasteiger partial charge in [0.15, 0.2) is 0 Å².